The molecule has 0 aliphatic carbocycles. The third-order valence-electron chi connectivity index (χ3n) is 5.61. The highest BCUT2D eigenvalue weighted by atomic mass is 127. The molecular weight excluding hydrogens is 487 g/mol. The highest BCUT2D eigenvalue weighted by molar-refractivity contribution is 14.0. The predicted octanol–water partition coefficient (Wildman–Crippen LogP) is 3.58. The Morgan fingerprint density at radius 1 is 1.20 bits per heavy atom. The summed E-state index contributed by atoms with van der Waals surface area (Å²) >= 11 is 0. The molecule has 0 bridgehead atoms. The fourth-order valence-electron chi connectivity index (χ4n) is 3.96. The van der Waals surface area contributed by atoms with Crippen molar-refractivity contribution in [2.24, 2.45) is 10.9 Å². The van der Waals surface area contributed by atoms with Crippen LogP contribution in [0.15, 0.2) is 41.4 Å². The van der Waals surface area contributed by atoms with Crippen molar-refractivity contribution in [3.8, 4) is 0 Å². The molecule has 1 unspecified atom stereocenters. The van der Waals surface area contributed by atoms with Gasteiger partial charge in [0.25, 0.3) is 0 Å². The molecule has 6 nitrogen and oxygen atoms in total. The average Bonchev–Trinajstić information content (AvgIpc) is 3.04. The predicted molar refractivity (Wildman–Crippen MR) is 136 cm³/mol. The van der Waals surface area contributed by atoms with Crippen LogP contribution in [0, 0.1) is 19.8 Å². The largest absolute Gasteiger partial charge is 0.356 e. The van der Waals surface area contributed by atoms with E-state index in [0.717, 1.165) is 57.2 Å². The monoisotopic (exact) mass is 524 g/mol. The quantitative estimate of drug-likeness (QED) is 0.331. The smallest absolute Gasteiger partial charge is 0.191 e. The number of hydrogen-bond acceptors (Lipinski definition) is 3. The van der Waals surface area contributed by atoms with Crippen LogP contribution in [0.25, 0.3) is 0 Å². The van der Waals surface area contributed by atoms with E-state index in [9.17, 15) is 0 Å². The number of aryl methyl sites for hydroxylation is 2. The maximum Gasteiger partial charge on any atom is 0.191 e. The fraction of sp³-hybridized carbons (Fsp3) is 0.565. The van der Waals surface area contributed by atoms with Crippen LogP contribution in [0.1, 0.15) is 36.7 Å². The van der Waals surface area contributed by atoms with E-state index in [1.165, 1.54) is 11.3 Å². The number of aromatic nitrogens is 2. The molecular formula is C23H37IN6. The van der Waals surface area contributed by atoms with Gasteiger partial charge in [-0.1, -0.05) is 37.3 Å². The van der Waals surface area contributed by atoms with E-state index in [2.05, 4.69) is 80.6 Å². The highest BCUT2D eigenvalue weighted by Crippen LogP contribution is 2.14. The van der Waals surface area contributed by atoms with Gasteiger partial charge in [-0.25, -0.2) is 0 Å². The molecule has 0 saturated carbocycles. The minimum absolute atomic E-state index is 0. The summed E-state index contributed by atoms with van der Waals surface area (Å²) < 4.78 is 2.10. The molecule has 0 spiro atoms. The molecule has 2 aromatic rings. The van der Waals surface area contributed by atoms with Crippen LogP contribution in [0.5, 0.6) is 0 Å². The topological polar surface area (TPSA) is 57.5 Å². The van der Waals surface area contributed by atoms with Crippen LogP contribution in [-0.2, 0) is 13.1 Å². The van der Waals surface area contributed by atoms with E-state index in [1.54, 1.807) is 0 Å². The lowest BCUT2D eigenvalue weighted by Gasteiger charge is -2.33. The summed E-state index contributed by atoms with van der Waals surface area (Å²) in [6.45, 7) is 11.5. The average molecular weight is 524 g/mol. The van der Waals surface area contributed by atoms with Gasteiger partial charge in [0.1, 0.15) is 0 Å². The van der Waals surface area contributed by atoms with Crippen LogP contribution >= 0.6 is 24.0 Å². The summed E-state index contributed by atoms with van der Waals surface area (Å²) in [6, 6.07) is 13.4. The van der Waals surface area contributed by atoms with Crippen molar-refractivity contribution in [2.45, 2.75) is 52.7 Å². The number of likely N-dealkylation sites (tertiary alicyclic amines) is 1. The van der Waals surface area contributed by atoms with Gasteiger partial charge < -0.3 is 10.6 Å². The first-order valence-corrected chi connectivity index (χ1v) is 10.8. The molecule has 1 atom stereocenters. The van der Waals surface area contributed by atoms with Crippen molar-refractivity contribution >= 4 is 29.9 Å². The van der Waals surface area contributed by atoms with Gasteiger partial charge >= 0.3 is 0 Å². The summed E-state index contributed by atoms with van der Waals surface area (Å²) in [6.07, 6.45) is 2.30. The molecule has 1 saturated heterocycles. The number of benzene rings is 1. The molecule has 30 heavy (non-hydrogen) atoms. The van der Waals surface area contributed by atoms with Crippen molar-refractivity contribution in [2.75, 3.05) is 26.7 Å². The molecule has 0 amide bonds. The second-order valence-electron chi connectivity index (χ2n) is 8.35. The molecule has 0 radical (unpaired) electrons. The van der Waals surface area contributed by atoms with Crippen LogP contribution < -0.4 is 10.6 Å². The number of aliphatic imine (C=N–C) groups is 1. The van der Waals surface area contributed by atoms with Gasteiger partial charge in [-0.15, -0.1) is 24.0 Å². The molecule has 2 N–H and O–H groups in total. The van der Waals surface area contributed by atoms with E-state index in [4.69, 9.17) is 0 Å². The van der Waals surface area contributed by atoms with E-state index in [0.29, 0.717) is 12.0 Å². The Morgan fingerprint density at radius 3 is 2.50 bits per heavy atom. The molecule has 1 aromatic carbocycles. The molecule has 1 aliphatic rings. The normalized spacial score (nSPS) is 16.7. The summed E-state index contributed by atoms with van der Waals surface area (Å²) in [7, 11) is 1.85. The van der Waals surface area contributed by atoms with Crippen LogP contribution in [0.3, 0.4) is 0 Å². The minimum Gasteiger partial charge on any atom is -0.356 e. The van der Waals surface area contributed by atoms with E-state index < -0.39 is 0 Å². The Bertz CT molecular complexity index is 780. The van der Waals surface area contributed by atoms with Gasteiger partial charge in [0.2, 0.25) is 0 Å². The zero-order valence-electron chi connectivity index (χ0n) is 18.8. The standard InChI is InChI=1S/C23H36N6.HI/c1-18(16-29-20(3)14-19(2)27-29)15-25-23(24-4)26-22-10-12-28(13-11-22)17-21-8-6-5-7-9-21;/h5-9,14,18,22H,10-13,15-17H2,1-4H3,(H2,24,25,26);1H. The lowest BCUT2D eigenvalue weighted by Crippen LogP contribution is -2.49. The Morgan fingerprint density at radius 2 is 1.90 bits per heavy atom. The number of piperidine rings is 1. The molecule has 2 heterocycles. The zero-order valence-corrected chi connectivity index (χ0v) is 21.1. The third kappa shape index (κ3) is 7.58. The number of halogens is 1. The SMILES string of the molecule is CN=C(NCC(C)Cn1nc(C)cc1C)NC1CCN(Cc2ccccc2)CC1.I. The number of guanidine groups is 1. The van der Waals surface area contributed by atoms with Gasteiger partial charge in [-0.05, 0) is 44.2 Å². The van der Waals surface area contributed by atoms with Gasteiger partial charge in [0.15, 0.2) is 5.96 Å². The van der Waals surface area contributed by atoms with Crippen molar-refractivity contribution in [3.05, 3.63) is 53.3 Å². The second kappa shape index (κ2) is 12.3. The number of rotatable bonds is 7. The van der Waals surface area contributed by atoms with Crippen LogP contribution in [0.2, 0.25) is 0 Å². The zero-order chi connectivity index (χ0) is 20.6. The lowest BCUT2D eigenvalue weighted by atomic mass is 10.0. The molecule has 166 valence electrons. The van der Waals surface area contributed by atoms with Crippen molar-refractivity contribution in [1.29, 1.82) is 0 Å². The summed E-state index contributed by atoms with van der Waals surface area (Å²) in [4.78, 5) is 6.97. The maximum atomic E-state index is 4.57. The number of hydrogen-bond donors (Lipinski definition) is 2. The highest BCUT2D eigenvalue weighted by Gasteiger charge is 2.20. The van der Waals surface area contributed by atoms with Crippen molar-refractivity contribution in [3.63, 3.8) is 0 Å². The van der Waals surface area contributed by atoms with Crippen LogP contribution in [-0.4, -0.2) is 53.4 Å². The third-order valence-corrected chi connectivity index (χ3v) is 5.61. The Labute approximate surface area is 198 Å². The Kier molecular flexibility index (Phi) is 10.1. The molecule has 1 aromatic heterocycles. The van der Waals surface area contributed by atoms with Gasteiger partial charge in [-0.2, -0.15) is 5.10 Å². The number of nitrogens with one attached hydrogen (secondary N) is 2. The molecule has 1 fully saturated rings. The summed E-state index contributed by atoms with van der Waals surface area (Å²) in [5, 5.41) is 11.7. The second-order valence-corrected chi connectivity index (χ2v) is 8.35. The summed E-state index contributed by atoms with van der Waals surface area (Å²) in [5.74, 6) is 1.38. The Balaban J connectivity index is 0.00000320. The van der Waals surface area contributed by atoms with Crippen molar-refractivity contribution < 1.29 is 0 Å². The van der Waals surface area contributed by atoms with E-state index in [-0.39, 0.29) is 24.0 Å². The first-order valence-electron chi connectivity index (χ1n) is 10.8. The van der Waals surface area contributed by atoms with Gasteiger partial charge in [0, 0.05) is 51.5 Å². The lowest BCUT2D eigenvalue weighted by molar-refractivity contribution is 0.198. The Hall–Kier alpha value is -1.61. The first kappa shape index (κ1) is 24.7. The molecule has 1 aliphatic heterocycles. The minimum atomic E-state index is 0. The van der Waals surface area contributed by atoms with Gasteiger partial charge in [-0.3, -0.25) is 14.6 Å². The van der Waals surface area contributed by atoms with E-state index >= 15 is 0 Å². The maximum absolute atomic E-state index is 4.57. The first-order chi connectivity index (χ1) is 14.0. The van der Waals surface area contributed by atoms with E-state index in [1.807, 2.05) is 14.0 Å². The summed E-state index contributed by atoms with van der Waals surface area (Å²) in [5.41, 5.74) is 3.70. The molecule has 7 heteroatoms. The molecule has 3 rings (SSSR count). The van der Waals surface area contributed by atoms with Crippen molar-refractivity contribution in [1.82, 2.24) is 25.3 Å². The van der Waals surface area contributed by atoms with Gasteiger partial charge in [0.05, 0.1) is 5.69 Å². The van der Waals surface area contributed by atoms with Crippen LogP contribution in [0.4, 0.5) is 0 Å². The number of nitrogens with zero attached hydrogens (tertiary/aromatic N) is 4. The fourth-order valence-corrected chi connectivity index (χ4v) is 3.96.